The van der Waals surface area contributed by atoms with E-state index in [0.717, 1.165) is 54.1 Å². The number of piperidine rings is 2. The molecule has 1 aromatic carbocycles. The molecule has 2 amide bonds. The fourth-order valence-corrected chi connectivity index (χ4v) is 6.40. The third-order valence-corrected chi connectivity index (χ3v) is 8.23. The molecule has 0 spiro atoms. The summed E-state index contributed by atoms with van der Waals surface area (Å²) in [4.78, 5) is 35.9. The molecule has 30 heavy (non-hydrogen) atoms. The zero-order valence-electron chi connectivity index (χ0n) is 16.8. The average molecular weight is 440 g/mol. The number of likely N-dealkylation sites (tertiary alicyclic amines) is 2. The van der Waals surface area contributed by atoms with Crippen molar-refractivity contribution in [3.63, 3.8) is 0 Å². The lowest BCUT2D eigenvalue weighted by molar-refractivity contribution is -0.138. The molecule has 7 heteroatoms. The van der Waals surface area contributed by atoms with E-state index < -0.39 is 0 Å². The maximum atomic E-state index is 13.5. The first-order chi connectivity index (χ1) is 14.7. The van der Waals surface area contributed by atoms with Crippen LogP contribution in [-0.2, 0) is 4.79 Å². The molecule has 156 valence electrons. The van der Waals surface area contributed by atoms with Gasteiger partial charge in [0.05, 0.1) is 20.1 Å². The van der Waals surface area contributed by atoms with Gasteiger partial charge in [-0.15, -0.1) is 22.7 Å². The third kappa shape index (κ3) is 3.76. The largest absolute Gasteiger partial charge is 0.340 e. The van der Waals surface area contributed by atoms with Gasteiger partial charge in [-0.2, -0.15) is 0 Å². The van der Waals surface area contributed by atoms with Crippen LogP contribution in [0.25, 0.3) is 10.2 Å². The Labute approximate surface area is 184 Å². The lowest BCUT2D eigenvalue weighted by atomic mass is 9.95. The Kier molecular flexibility index (Phi) is 5.56. The van der Waals surface area contributed by atoms with Crippen LogP contribution in [0, 0.1) is 0 Å². The molecule has 2 unspecified atom stereocenters. The molecular formula is C23H25N3O2S2. The van der Waals surface area contributed by atoms with E-state index in [1.165, 1.54) is 16.0 Å². The first-order valence-corrected chi connectivity index (χ1v) is 12.4. The zero-order valence-corrected chi connectivity index (χ0v) is 18.5. The van der Waals surface area contributed by atoms with Gasteiger partial charge < -0.3 is 9.80 Å². The van der Waals surface area contributed by atoms with Gasteiger partial charge in [0.15, 0.2) is 0 Å². The molecule has 2 atom stereocenters. The summed E-state index contributed by atoms with van der Waals surface area (Å²) in [7, 11) is 0. The molecule has 2 aliphatic heterocycles. The second-order valence-corrected chi connectivity index (χ2v) is 10.1. The third-order valence-electron chi connectivity index (χ3n) is 6.17. The highest BCUT2D eigenvalue weighted by atomic mass is 32.1. The summed E-state index contributed by atoms with van der Waals surface area (Å²) in [6.45, 7) is 2.15. The number of carbonyl (C=O) groups is 2. The van der Waals surface area contributed by atoms with E-state index >= 15 is 0 Å². The second kappa shape index (κ2) is 8.47. The van der Waals surface area contributed by atoms with Crippen molar-refractivity contribution in [3.8, 4) is 0 Å². The highest BCUT2D eigenvalue weighted by Gasteiger charge is 2.37. The lowest BCUT2D eigenvalue weighted by Gasteiger charge is -2.40. The first-order valence-electron chi connectivity index (χ1n) is 10.7. The SMILES string of the molecule is O=C(C1CCCCN1C(=O)c1cccs1)N1CCCC(c2nc3ccccc3s2)C1. The zero-order chi connectivity index (χ0) is 20.5. The van der Waals surface area contributed by atoms with Crippen molar-refractivity contribution < 1.29 is 9.59 Å². The number of nitrogens with zero attached hydrogens (tertiary/aromatic N) is 3. The monoisotopic (exact) mass is 439 g/mol. The van der Waals surface area contributed by atoms with E-state index in [1.807, 2.05) is 39.4 Å². The van der Waals surface area contributed by atoms with Crippen molar-refractivity contribution in [2.24, 2.45) is 0 Å². The first kappa shape index (κ1) is 19.7. The Balaban J connectivity index is 1.33. The molecule has 0 saturated carbocycles. The topological polar surface area (TPSA) is 53.5 Å². The molecule has 2 fully saturated rings. The molecule has 2 aliphatic rings. The number of hydrogen-bond acceptors (Lipinski definition) is 5. The quantitative estimate of drug-likeness (QED) is 0.591. The summed E-state index contributed by atoms with van der Waals surface area (Å²) < 4.78 is 1.20. The molecule has 2 aromatic heterocycles. The molecule has 3 aromatic rings. The van der Waals surface area contributed by atoms with Crippen molar-refractivity contribution in [1.82, 2.24) is 14.8 Å². The van der Waals surface area contributed by atoms with Gasteiger partial charge in [-0.25, -0.2) is 4.98 Å². The van der Waals surface area contributed by atoms with Crippen molar-refractivity contribution in [3.05, 3.63) is 51.7 Å². The van der Waals surface area contributed by atoms with E-state index in [0.29, 0.717) is 13.1 Å². The highest BCUT2D eigenvalue weighted by Crippen LogP contribution is 2.34. The van der Waals surface area contributed by atoms with E-state index in [4.69, 9.17) is 4.98 Å². The summed E-state index contributed by atoms with van der Waals surface area (Å²) in [6, 6.07) is 11.6. The Morgan fingerprint density at radius 2 is 1.90 bits per heavy atom. The number of rotatable bonds is 3. The Bertz CT molecular complexity index is 1010. The maximum Gasteiger partial charge on any atom is 0.264 e. The minimum Gasteiger partial charge on any atom is -0.340 e. The summed E-state index contributed by atoms with van der Waals surface area (Å²) in [5.74, 6) is 0.401. The maximum absolute atomic E-state index is 13.5. The molecule has 0 aliphatic carbocycles. The Morgan fingerprint density at radius 1 is 1.00 bits per heavy atom. The van der Waals surface area contributed by atoms with Crippen LogP contribution in [0.2, 0.25) is 0 Å². The standard InChI is InChI=1S/C23H25N3O2S2/c27-22(18-9-3-4-13-26(18)23(28)20-11-6-14-29-20)25-12-5-7-16(15-25)21-24-17-8-1-2-10-19(17)30-21/h1-2,6,8,10-11,14,16,18H,3-5,7,9,12-13,15H2. The van der Waals surface area contributed by atoms with Gasteiger partial charge in [0.2, 0.25) is 5.91 Å². The Morgan fingerprint density at radius 3 is 2.73 bits per heavy atom. The minimum absolute atomic E-state index is 0.00258. The van der Waals surface area contributed by atoms with Crippen LogP contribution in [0.5, 0.6) is 0 Å². The number of hydrogen-bond donors (Lipinski definition) is 0. The number of fused-ring (bicyclic) bond motifs is 1. The number of benzene rings is 1. The van der Waals surface area contributed by atoms with Crippen LogP contribution < -0.4 is 0 Å². The predicted molar refractivity (Wildman–Crippen MR) is 121 cm³/mol. The van der Waals surface area contributed by atoms with Gasteiger partial charge >= 0.3 is 0 Å². The van der Waals surface area contributed by atoms with Crippen LogP contribution >= 0.6 is 22.7 Å². The number of carbonyl (C=O) groups excluding carboxylic acids is 2. The van der Waals surface area contributed by atoms with Crippen LogP contribution in [0.15, 0.2) is 41.8 Å². The molecular weight excluding hydrogens is 414 g/mol. The van der Waals surface area contributed by atoms with Crippen LogP contribution in [0.4, 0.5) is 0 Å². The van der Waals surface area contributed by atoms with Crippen molar-refractivity contribution >= 4 is 44.7 Å². The summed E-state index contributed by atoms with van der Waals surface area (Å²) in [6.07, 6.45) is 4.78. The van der Waals surface area contributed by atoms with Crippen LogP contribution in [-0.4, -0.2) is 52.3 Å². The molecule has 0 bridgehead atoms. The average Bonchev–Trinajstić information content (AvgIpc) is 3.48. The molecule has 4 heterocycles. The molecule has 5 rings (SSSR count). The highest BCUT2D eigenvalue weighted by molar-refractivity contribution is 7.18. The van der Waals surface area contributed by atoms with Gasteiger partial charge in [0.25, 0.3) is 5.91 Å². The summed E-state index contributed by atoms with van der Waals surface area (Å²) >= 11 is 3.20. The Hall–Kier alpha value is -2.25. The molecule has 0 N–H and O–H groups in total. The van der Waals surface area contributed by atoms with Crippen LogP contribution in [0.1, 0.15) is 52.7 Å². The van der Waals surface area contributed by atoms with Crippen molar-refractivity contribution in [1.29, 1.82) is 0 Å². The van der Waals surface area contributed by atoms with E-state index in [2.05, 4.69) is 12.1 Å². The number of amides is 2. The van der Waals surface area contributed by atoms with Gasteiger partial charge in [-0.1, -0.05) is 18.2 Å². The fourth-order valence-electron chi connectivity index (χ4n) is 4.63. The number of thiazole rings is 1. The summed E-state index contributed by atoms with van der Waals surface area (Å²) in [5.41, 5.74) is 1.04. The molecule has 2 saturated heterocycles. The smallest absolute Gasteiger partial charge is 0.264 e. The number of thiophene rings is 1. The van der Waals surface area contributed by atoms with Crippen molar-refractivity contribution in [2.75, 3.05) is 19.6 Å². The second-order valence-electron chi connectivity index (χ2n) is 8.13. The fraction of sp³-hybridized carbons (Fsp3) is 0.435. The van der Waals surface area contributed by atoms with Crippen LogP contribution in [0.3, 0.4) is 0 Å². The van der Waals surface area contributed by atoms with Gasteiger partial charge in [0.1, 0.15) is 6.04 Å². The van der Waals surface area contributed by atoms with Gasteiger partial charge in [-0.3, -0.25) is 9.59 Å². The number of para-hydroxylation sites is 1. The van der Waals surface area contributed by atoms with E-state index in [9.17, 15) is 9.59 Å². The van der Waals surface area contributed by atoms with Crippen molar-refractivity contribution in [2.45, 2.75) is 44.1 Å². The molecule has 0 radical (unpaired) electrons. The van der Waals surface area contributed by atoms with Gasteiger partial charge in [-0.05, 0) is 55.7 Å². The van der Waals surface area contributed by atoms with Gasteiger partial charge in [0, 0.05) is 25.6 Å². The van der Waals surface area contributed by atoms with E-state index in [-0.39, 0.29) is 23.8 Å². The normalized spacial score (nSPS) is 22.4. The number of aromatic nitrogens is 1. The lowest BCUT2D eigenvalue weighted by Crippen LogP contribution is -2.54. The summed E-state index contributed by atoms with van der Waals surface area (Å²) in [5, 5.41) is 3.05. The predicted octanol–water partition coefficient (Wildman–Crippen LogP) is 4.76. The van der Waals surface area contributed by atoms with E-state index in [1.54, 1.807) is 11.3 Å². The molecule has 5 nitrogen and oxygen atoms in total. The minimum atomic E-state index is -0.331.